The fraction of sp³-hybridized carbons (Fsp3) is 0.586. The molecule has 0 saturated heterocycles. The average molecular weight is 483 g/mol. The maximum Gasteiger partial charge on any atom is 0.334 e. The van der Waals surface area contributed by atoms with Gasteiger partial charge in [-0.15, -0.1) is 0 Å². The zero-order valence-corrected chi connectivity index (χ0v) is 21.1. The van der Waals surface area contributed by atoms with Crippen molar-refractivity contribution in [1.29, 1.82) is 0 Å². The molecule has 1 N–H and O–H groups in total. The number of benzene rings is 1. The molecule has 0 unspecified atom stereocenters. The van der Waals surface area contributed by atoms with Gasteiger partial charge in [-0.2, -0.15) is 0 Å². The summed E-state index contributed by atoms with van der Waals surface area (Å²) in [6, 6.07) is 7.91. The van der Waals surface area contributed by atoms with Crippen molar-refractivity contribution in [3.8, 4) is 0 Å². The van der Waals surface area contributed by atoms with Gasteiger partial charge in [-0.3, -0.25) is 4.79 Å². The van der Waals surface area contributed by atoms with Gasteiger partial charge in [0.1, 0.15) is 0 Å². The summed E-state index contributed by atoms with van der Waals surface area (Å²) in [6.07, 6.45) is 11.0. The standard InChI is InChI=1S/C29H35ClO4/c1-28-13-12-24-21(23(28)10-11-25(28)26(31)32)9-6-19-15-22(27(33)34-3)18(16-29(19,24)2)14-17-4-7-20(30)8-5-17/h4-8,15,18,21,23-25H,9-14,16H2,1-3H3,(H,31,32)/t18-,21+,23+,24+,25-,28+,29+/m1/s1. The predicted octanol–water partition coefficient (Wildman–Crippen LogP) is 6.48. The molecule has 1 aromatic rings. The molecule has 182 valence electrons. The molecular weight excluding hydrogens is 448 g/mol. The molecule has 0 bridgehead atoms. The van der Waals surface area contributed by atoms with Crippen LogP contribution in [0.3, 0.4) is 0 Å². The molecule has 5 heteroatoms. The zero-order valence-electron chi connectivity index (χ0n) is 20.4. The fourth-order valence-corrected chi connectivity index (χ4v) is 8.48. The third-order valence-electron chi connectivity index (χ3n) is 10.1. The van der Waals surface area contributed by atoms with E-state index in [-0.39, 0.29) is 28.6 Å². The number of allylic oxidation sites excluding steroid dienone is 3. The van der Waals surface area contributed by atoms with E-state index in [1.165, 1.54) is 18.2 Å². The van der Waals surface area contributed by atoms with Crippen molar-refractivity contribution in [3.05, 3.63) is 58.1 Å². The summed E-state index contributed by atoms with van der Waals surface area (Å²) in [7, 11) is 1.46. The van der Waals surface area contributed by atoms with Crippen LogP contribution in [-0.2, 0) is 20.7 Å². The van der Waals surface area contributed by atoms with Crippen LogP contribution >= 0.6 is 11.6 Å². The highest BCUT2D eigenvalue weighted by Gasteiger charge is 2.60. The topological polar surface area (TPSA) is 63.6 Å². The van der Waals surface area contributed by atoms with Crippen LogP contribution in [0.5, 0.6) is 0 Å². The molecule has 4 aliphatic rings. The van der Waals surface area contributed by atoms with Crippen molar-refractivity contribution in [2.45, 2.75) is 58.8 Å². The Balaban J connectivity index is 1.49. The lowest BCUT2D eigenvalue weighted by Gasteiger charge is -2.57. The van der Waals surface area contributed by atoms with E-state index >= 15 is 0 Å². The van der Waals surface area contributed by atoms with Crippen LogP contribution in [0.1, 0.15) is 57.9 Å². The molecule has 4 aliphatic carbocycles. The van der Waals surface area contributed by atoms with Gasteiger partial charge in [-0.25, -0.2) is 4.79 Å². The largest absolute Gasteiger partial charge is 0.481 e. The van der Waals surface area contributed by atoms with E-state index in [0.717, 1.165) is 50.5 Å². The van der Waals surface area contributed by atoms with E-state index in [9.17, 15) is 14.7 Å². The molecule has 4 nitrogen and oxygen atoms in total. The molecular formula is C29H35ClO4. The van der Waals surface area contributed by atoms with E-state index in [4.69, 9.17) is 16.3 Å². The highest BCUT2D eigenvalue weighted by Crippen LogP contribution is 2.66. The lowest BCUT2D eigenvalue weighted by molar-refractivity contribution is -0.148. The van der Waals surface area contributed by atoms with E-state index < -0.39 is 5.97 Å². The van der Waals surface area contributed by atoms with Gasteiger partial charge in [0, 0.05) is 10.6 Å². The van der Waals surface area contributed by atoms with Crippen molar-refractivity contribution in [2.75, 3.05) is 7.11 Å². The van der Waals surface area contributed by atoms with Crippen LogP contribution in [0.2, 0.25) is 5.02 Å². The molecule has 0 spiro atoms. The van der Waals surface area contributed by atoms with Crippen molar-refractivity contribution in [3.63, 3.8) is 0 Å². The summed E-state index contributed by atoms with van der Waals surface area (Å²) < 4.78 is 5.19. The van der Waals surface area contributed by atoms with Crippen LogP contribution in [-0.4, -0.2) is 24.2 Å². The first-order valence-corrected chi connectivity index (χ1v) is 13.0. The van der Waals surface area contributed by atoms with Crippen molar-refractivity contribution < 1.29 is 19.4 Å². The first-order valence-electron chi connectivity index (χ1n) is 12.6. The SMILES string of the molecule is COC(=O)C1=CC2=CC[C@H]3[C@@H]4CC[C@H](C(=O)O)[C@@]4(C)CC[C@@H]3[C@@]2(C)C[C@H]1Cc1ccc(Cl)cc1. The highest BCUT2D eigenvalue weighted by atomic mass is 35.5. The lowest BCUT2D eigenvalue weighted by atomic mass is 9.47. The average Bonchev–Trinajstić information content (AvgIpc) is 3.17. The number of carbonyl (C=O) groups excluding carboxylic acids is 1. The van der Waals surface area contributed by atoms with Crippen molar-refractivity contribution >= 4 is 23.5 Å². The zero-order chi connectivity index (χ0) is 24.3. The van der Waals surface area contributed by atoms with Gasteiger partial charge in [-0.05, 0) is 109 Å². The Morgan fingerprint density at radius 1 is 1.12 bits per heavy atom. The molecule has 1 aromatic carbocycles. The molecule has 2 fully saturated rings. The molecule has 34 heavy (non-hydrogen) atoms. The number of carbonyl (C=O) groups is 2. The number of esters is 1. The number of fused-ring (bicyclic) bond motifs is 5. The van der Waals surface area contributed by atoms with Crippen molar-refractivity contribution in [1.82, 2.24) is 0 Å². The van der Waals surface area contributed by atoms with Gasteiger partial charge in [0.25, 0.3) is 0 Å². The molecule has 0 aliphatic heterocycles. The summed E-state index contributed by atoms with van der Waals surface area (Å²) in [5, 5.41) is 10.6. The molecule has 2 saturated carbocycles. The monoisotopic (exact) mass is 482 g/mol. The molecule has 5 rings (SSSR count). The minimum atomic E-state index is -0.618. The summed E-state index contributed by atoms with van der Waals surface area (Å²) in [5.41, 5.74) is 3.10. The number of methoxy groups -OCH3 is 1. The molecule has 0 amide bonds. The third kappa shape index (κ3) is 3.64. The van der Waals surface area contributed by atoms with E-state index in [1.54, 1.807) is 0 Å². The molecule has 7 atom stereocenters. The number of rotatable bonds is 4. The van der Waals surface area contributed by atoms with Gasteiger partial charge in [0.05, 0.1) is 13.0 Å². The molecule has 0 radical (unpaired) electrons. The summed E-state index contributed by atoms with van der Waals surface area (Å²) in [4.78, 5) is 24.8. The number of hydrogen-bond donors (Lipinski definition) is 1. The quantitative estimate of drug-likeness (QED) is 0.498. The van der Waals surface area contributed by atoms with E-state index in [1.807, 2.05) is 24.3 Å². The Labute approximate surface area is 207 Å². The number of carboxylic acid groups (broad SMARTS) is 1. The molecule has 0 heterocycles. The minimum Gasteiger partial charge on any atom is -0.481 e. The van der Waals surface area contributed by atoms with Crippen LogP contribution < -0.4 is 0 Å². The first-order chi connectivity index (χ1) is 16.2. The lowest BCUT2D eigenvalue weighted by Crippen LogP contribution is -2.51. The minimum absolute atomic E-state index is 0.0137. The highest BCUT2D eigenvalue weighted by molar-refractivity contribution is 6.30. The number of ether oxygens (including phenoxy) is 1. The van der Waals surface area contributed by atoms with Gasteiger partial charge in [0.15, 0.2) is 0 Å². The first kappa shape index (κ1) is 23.7. The Kier molecular flexibility index (Phi) is 5.95. The van der Waals surface area contributed by atoms with Gasteiger partial charge < -0.3 is 9.84 Å². The summed E-state index contributed by atoms with van der Waals surface area (Å²) >= 11 is 6.10. The normalized spacial score (nSPS) is 38.6. The van der Waals surface area contributed by atoms with Gasteiger partial charge in [-0.1, -0.05) is 43.7 Å². The van der Waals surface area contributed by atoms with Gasteiger partial charge in [0.2, 0.25) is 0 Å². The molecule has 0 aromatic heterocycles. The maximum absolute atomic E-state index is 12.8. The Bertz CT molecular complexity index is 1060. The Hall–Kier alpha value is -2.07. The predicted molar refractivity (Wildman–Crippen MR) is 132 cm³/mol. The van der Waals surface area contributed by atoms with E-state index in [2.05, 4.69) is 26.0 Å². The van der Waals surface area contributed by atoms with E-state index in [0.29, 0.717) is 22.8 Å². The number of halogens is 1. The number of carboxylic acids is 1. The Morgan fingerprint density at radius 3 is 2.53 bits per heavy atom. The number of aliphatic carboxylic acids is 1. The second kappa shape index (κ2) is 8.55. The smallest absolute Gasteiger partial charge is 0.334 e. The van der Waals surface area contributed by atoms with Crippen LogP contribution in [0.15, 0.2) is 47.6 Å². The third-order valence-corrected chi connectivity index (χ3v) is 10.3. The van der Waals surface area contributed by atoms with Crippen LogP contribution in [0.4, 0.5) is 0 Å². The van der Waals surface area contributed by atoms with Crippen LogP contribution in [0, 0.1) is 40.4 Å². The second-order valence-corrected chi connectivity index (χ2v) is 12.0. The second-order valence-electron chi connectivity index (χ2n) is 11.5. The van der Waals surface area contributed by atoms with Gasteiger partial charge >= 0.3 is 11.9 Å². The summed E-state index contributed by atoms with van der Waals surface area (Å²) in [6.45, 7) is 4.63. The maximum atomic E-state index is 12.8. The Morgan fingerprint density at radius 2 is 1.85 bits per heavy atom. The summed E-state index contributed by atoms with van der Waals surface area (Å²) in [5.74, 6) is 0.503. The fourth-order valence-electron chi connectivity index (χ4n) is 8.35. The number of hydrogen-bond acceptors (Lipinski definition) is 3. The van der Waals surface area contributed by atoms with Crippen LogP contribution in [0.25, 0.3) is 0 Å². The van der Waals surface area contributed by atoms with Crippen molar-refractivity contribution in [2.24, 2.45) is 40.4 Å².